The number of carbonyl (C=O) groups is 3. The molecule has 0 spiro atoms. The van der Waals surface area contributed by atoms with Gasteiger partial charge in [0.05, 0.1) is 13.2 Å². The molecule has 0 aliphatic carbocycles. The van der Waals surface area contributed by atoms with Gasteiger partial charge in [-0.3, -0.25) is 0 Å². The molecule has 0 aromatic heterocycles. The molecular weight excluding hydrogens is 254 g/mol. The topological polar surface area (TPSA) is 90.9 Å². The summed E-state index contributed by atoms with van der Waals surface area (Å²) in [6, 6.07) is 0. The van der Waals surface area contributed by atoms with Crippen molar-refractivity contribution in [2.45, 2.75) is 13.8 Å². The van der Waals surface area contributed by atoms with Crippen LogP contribution in [-0.2, 0) is 23.8 Å². The molecule has 0 saturated carbocycles. The van der Waals surface area contributed by atoms with Crippen molar-refractivity contribution in [1.82, 2.24) is 5.32 Å². The summed E-state index contributed by atoms with van der Waals surface area (Å²) in [5.41, 5.74) is 0.262. The van der Waals surface area contributed by atoms with E-state index in [-0.39, 0.29) is 25.3 Å². The van der Waals surface area contributed by atoms with Gasteiger partial charge in [0.1, 0.15) is 6.61 Å². The van der Waals surface area contributed by atoms with Crippen LogP contribution in [0.15, 0.2) is 24.5 Å². The molecule has 0 saturated heterocycles. The first kappa shape index (κ1) is 16.7. The van der Waals surface area contributed by atoms with Crippen molar-refractivity contribution in [2.75, 3.05) is 19.8 Å². The minimum absolute atomic E-state index is 0.0350. The van der Waals surface area contributed by atoms with Gasteiger partial charge >= 0.3 is 18.0 Å². The van der Waals surface area contributed by atoms with Gasteiger partial charge in [0.25, 0.3) is 0 Å². The summed E-state index contributed by atoms with van der Waals surface area (Å²) in [5.74, 6) is -1.78. The number of esters is 2. The van der Waals surface area contributed by atoms with E-state index in [4.69, 9.17) is 4.74 Å². The fourth-order valence-corrected chi connectivity index (χ4v) is 0.821. The molecular formula is C12H17NO6. The minimum atomic E-state index is -0.885. The first-order valence-corrected chi connectivity index (χ1v) is 5.52. The molecule has 0 aliphatic rings. The van der Waals surface area contributed by atoms with Crippen LogP contribution in [0.4, 0.5) is 4.79 Å². The second kappa shape index (κ2) is 8.73. The van der Waals surface area contributed by atoms with Crippen molar-refractivity contribution in [3.8, 4) is 0 Å². The van der Waals surface area contributed by atoms with Crippen LogP contribution in [0, 0.1) is 0 Å². The monoisotopic (exact) mass is 271 g/mol. The van der Waals surface area contributed by atoms with Crippen molar-refractivity contribution in [1.29, 1.82) is 0 Å². The molecule has 0 bridgehead atoms. The highest BCUT2D eigenvalue weighted by atomic mass is 16.6. The van der Waals surface area contributed by atoms with Crippen molar-refractivity contribution >= 4 is 18.0 Å². The summed E-state index contributed by atoms with van der Waals surface area (Å²) >= 11 is 0. The lowest BCUT2D eigenvalue weighted by atomic mass is 10.4. The van der Waals surface area contributed by atoms with E-state index >= 15 is 0 Å². The second-order valence-corrected chi connectivity index (χ2v) is 3.38. The number of nitrogens with one attached hydrogen (secondary N) is 1. The van der Waals surface area contributed by atoms with Crippen LogP contribution < -0.4 is 5.32 Å². The summed E-state index contributed by atoms with van der Waals surface area (Å²) in [7, 11) is 0. The third kappa shape index (κ3) is 7.58. The van der Waals surface area contributed by atoms with E-state index in [9.17, 15) is 14.4 Å². The highest BCUT2D eigenvalue weighted by Crippen LogP contribution is 1.97. The number of rotatable bonds is 7. The Labute approximate surface area is 111 Å². The maximum absolute atomic E-state index is 11.2. The molecule has 0 aromatic rings. The fraction of sp³-hybridized carbons (Fsp3) is 0.417. The lowest BCUT2D eigenvalue weighted by Gasteiger charge is -2.08. The fourth-order valence-electron chi connectivity index (χ4n) is 0.821. The summed E-state index contributed by atoms with van der Waals surface area (Å²) in [6.45, 7) is 9.91. The van der Waals surface area contributed by atoms with E-state index in [1.807, 2.05) is 0 Å². The molecule has 1 amide bonds. The molecule has 0 aliphatic heterocycles. The number of hydrogen-bond acceptors (Lipinski definition) is 6. The molecule has 106 valence electrons. The molecule has 1 N–H and O–H groups in total. The molecule has 0 atom stereocenters. The Morgan fingerprint density at radius 3 is 2.26 bits per heavy atom. The maximum atomic E-state index is 11.2. The smallest absolute Gasteiger partial charge is 0.412 e. The first-order valence-electron chi connectivity index (χ1n) is 5.52. The lowest BCUT2D eigenvalue weighted by Crippen LogP contribution is -2.29. The van der Waals surface area contributed by atoms with Crippen molar-refractivity contribution in [3.05, 3.63) is 24.5 Å². The van der Waals surface area contributed by atoms with Crippen molar-refractivity contribution < 1.29 is 28.6 Å². The molecule has 0 heterocycles. The lowest BCUT2D eigenvalue weighted by molar-refractivity contribution is -0.141. The zero-order valence-electron chi connectivity index (χ0n) is 11.0. The molecule has 0 radical (unpaired) electrons. The molecule has 0 unspecified atom stereocenters. The van der Waals surface area contributed by atoms with Gasteiger partial charge in [-0.05, 0) is 20.4 Å². The number of carbonyl (C=O) groups excluding carboxylic acids is 3. The highest BCUT2D eigenvalue weighted by Gasteiger charge is 2.13. The zero-order chi connectivity index (χ0) is 14.8. The molecule has 7 nitrogen and oxygen atoms in total. The summed E-state index contributed by atoms with van der Waals surface area (Å²) in [5, 5.41) is 2.27. The van der Waals surface area contributed by atoms with E-state index in [1.165, 1.54) is 6.92 Å². The Hall–Kier alpha value is -2.31. The number of hydrogen-bond donors (Lipinski definition) is 1. The Balaban J connectivity index is 3.82. The van der Waals surface area contributed by atoms with Gasteiger partial charge in [-0.1, -0.05) is 6.58 Å². The summed E-state index contributed by atoms with van der Waals surface area (Å²) in [6.07, 6.45) is -0.885. The van der Waals surface area contributed by atoms with Crippen LogP contribution in [0.3, 0.4) is 0 Å². The van der Waals surface area contributed by atoms with Gasteiger partial charge in [-0.2, -0.15) is 0 Å². The molecule has 7 heteroatoms. The second-order valence-electron chi connectivity index (χ2n) is 3.38. The Morgan fingerprint density at radius 1 is 1.11 bits per heavy atom. The van der Waals surface area contributed by atoms with E-state index < -0.39 is 23.8 Å². The quantitative estimate of drug-likeness (QED) is 0.243. The van der Waals surface area contributed by atoms with Crippen molar-refractivity contribution in [3.63, 3.8) is 0 Å². The van der Waals surface area contributed by atoms with E-state index in [1.54, 1.807) is 6.92 Å². The van der Waals surface area contributed by atoms with Gasteiger partial charge in [-0.15, -0.1) is 0 Å². The Bertz CT molecular complexity index is 388. The third-order valence-electron chi connectivity index (χ3n) is 1.67. The molecule has 0 fully saturated rings. The van der Waals surface area contributed by atoms with Crippen LogP contribution >= 0.6 is 0 Å². The van der Waals surface area contributed by atoms with Crippen molar-refractivity contribution in [2.24, 2.45) is 0 Å². The Morgan fingerprint density at radius 2 is 1.74 bits per heavy atom. The van der Waals surface area contributed by atoms with Crippen LogP contribution in [0.2, 0.25) is 0 Å². The molecule has 19 heavy (non-hydrogen) atoms. The van der Waals surface area contributed by atoms with E-state index in [0.29, 0.717) is 0 Å². The van der Waals surface area contributed by atoms with Crippen LogP contribution in [0.5, 0.6) is 0 Å². The zero-order valence-corrected chi connectivity index (χ0v) is 11.0. The van der Waals surface area contributed by atoms with Crippen LogP contribution in [0.1, 0.15) is 13.8 Å². The van der Waals surface area contributed by atoms with E-state index in [2.05, 4.69) is 27.9 Å². The SMILES string of the molecule is C=C(C)C(=O)OCCNC(=O)OC(=C)C(=O)OCC. The summed E-state index contributed by atoms with van der Waals surface area (Å²) < 4.78 is 13.8. The summed E-state index contributed by atoms with van der Waals surface area (Å²) in [4.78, 5) is 33.2. The third-order valence-corrected chi connectivity index (χ3v) is 1.67. The molecule has 0 rings (SSSR count). The number of alkyl carbamates (subject to hydrolysis) is 1. The van der Waals surface area contributed by atoms with Gasteiger partial charge in [0.15, 0.2) is 0 Å². The predicted octanol–water partition coefficient (Wildman–Crippen LogP) is 0.909. The van der Waals surface area contributed by atoms with Gasteiger partial charge in [-0.25, -0.2) is 14.4 Å². The van der Waals surface area contributed by atoms with Crippen LogP contribution in [-0.4, -0.2) is 37.8 Å². The highest BCUT2D eigenvalue weighted by molar-refractivity contribution is 5.88. The van der Waals surface area contributed by atoms with Crippen LogP contribution in [0.25, 0.3) is 0 Å². The first-order chi connectivity index (χ1) is 8.88. The maximum Gasteiger partial charge on any atom is 0.412 e. The Kier molecular flexibility index (Phi) is 7.67. The minimum Gasteiger partial charge on any atom is -0.460 e. The molecule has 0 aromatic carbocycles. The standard InChI is InChI=1S/C12H17NO6/c1-5-17-11(15)9(4)19-12(16)13-6-7-18-10(14)8(2)3/h2,4-7H2,1,3H3,(H,13,16). The van der Waals surface area contributed by atoms with E-state index in [0.717, 1.165) is 0 Å². The average Bonchev–Trinajstić information content (AvgIpc) is 2.34. The number of ether oxygens (including phenoxy) is 3. The average molecular weight is 271 g/mol. The normalized spacial score (nSPS) is 9.16. The number of amides is 1. The largest absolute Gasteiger partial charge is 0.460 e. The van der Waals surface area contributed by atoms with Gasteiger partial charge in [0, 0.05) is 5.57 Å². The van der Waals surface area contributed by atoms with Gasteiger partial charge < -0.3 is 19.5 Å². The predicted molar refractivity (Wildman–Crippen MR) is 66.0 cm³/mol. The van der Waals surface area contributed by atoms with Gasteiger partial charge in [0.2, 0.25) is 5.76 Å².